The summed E-state index contributed by atoms with van der Waals surface area (Å²) in [6.45, 7) is 4.31. The monoisotopic (exact) mass is 720 g/mol. The van der Waals surface area contributed by atoms with E-state index in [2.05, 4.69) is 20.9 Å². The summed E-state index contributed by atoms with van der Waals surface area (Å²) in [4.78, 5) is 57.6. The Kier molecular flexibility index (Phi) is 13.1. The highest BCUT2D eigenvalue weighted by atomic mass is 32.2. The van der Waals surface area contributed by atoms with Gasteiger partial charge in [-0.1, -0.05) is 72.8 Å². The van der Waals surface area contributed by atoms with E-state index in [1.54, 1.807) is 79.0 Å². The summed E-state index contributed by atoms with van der Waals surface area (Å²) < 4.78 is 10.8. The van der Waals surface area contributed by atoms with E-state index in [-0.39, 0.29) is 30.6 Å². The van der Waals surface area contributed by atoms with Crippen LogP contribution in [-0.2, 0) is 25.5 Å². The van der Waals surface area contributed by atoms with E-state index in [0.29, 0.717) is 44.9 Å². The van der Waals surface area contributed by atoms with Crippen LogP contribution in [0.4, 0.5) is 10.8 Å². The molecule has 0 bridgehead atoms. The predicted octanol–water partition coefficient (Wildman–Crippen LogP) is 7.53. The molecule has 0 fully saturated rings. The Hall–Kier alpha value is -5.72. The van der Waals surface area contributed by atoms with Crippen molar-refractivity contribution >= 4 is 63.7 Å². The Balaban J connectivity index is 1.36. The zero-order chi connectivity index (χ0) is 36.0. The van der Waals surface area contributed by atoms with Gasteiger partial charge in [0.05, 0.1) is 25.3 Å². The van der Waals surface area contributed by atoms with Crippen LogP contribution in [0.5, 0.6) is 5.75 Å². The van der Waals surface area contributed by atoms with Gasteiger partial charge in [-0.25, -0.2) is 4.98 Å². The number of esters is 1. The quantitative estimate of drug-likeness (QED) is 0.0574. The van der Waals surface area contributed by atoms with E-state index < -0.39 is 17.1 Å². The van der Waals surface area contributed by atoms with Crippen LogP contribution in [0.2, 0.25) is 0 Å². The van der Waals surface area contributed by atoms with Crippen molar-refractivity contribution in [2.45, 2.75) is 30.4 Å². The first-order chi connectivity index (χ1) is 24.8. The molecule has 51 heavy (non-hydrogen) atoms. The number of para-hydroxylation sites is 1. The van der Waals surface area contributed by atoms with Crippen LogP contribution in [0.25, 0.3) is 6.08 Å². The summed E-state index contributed by atoms with van der Waals surface area (Å²) in [6.07, 6.45) is 1.59. The van der Waals surface area contributed by atoms with Gasteiger partial charge in [0.25, 0.3) is 11.8 Å². The van der Waals surface area contributed by atoms with Gasteiger partial charge in [-0.3, -0.25) is 19.2 Å². The van der Waals surface area contributed by atoms with Gasteiger partial charge < -0.3 is 25.4 Å². The van der Waals surface area contributed by atoms with Crippen LogP contribution in [0.1, 0.15) is 46.3 Å². The molecule has 260 valence electrons. The number of nitrogens with one attached hydrogen (secondary N) is 3. The Bertz CT molecular complexity index is 2000. The summed E-state index contributed by atoms with van der Waals surface area (Å²) >= 11 is 2.52. The van der Waals surface area contributed by atoms with Crippen LogP contribution >= 0.6 is 23.1 Å². The summed E-state index contributed by atoms with van der Waals surface area (Å²) in [7, 11) is 0. The van der Waals surface area contributed by atoms with Gasteiger partial charge in [-0.15, -0.1) is 23.1 Å². The second-order valence-corrected chi connectivity index (χ2v) is 12.9. The number of rotatable bonds is 15. The number of nitrogens with zero attached hydrogens (tertiary/aromatic N) is 1. The minimum atomic E-state index is -0.676. The van der Waals surface area contributed by atoms with Crippen LogP contribution in [0, 0.1) is 0 Å². The fraction of sp³-hybridized carbons (Fsp3) is 0.154. The normalized spacial score (nSPS) is 11.6. The third kappa shape index (κ3) is 10.6. The highest BCUT2D eigenvalue weighted by molar-refractivity contribution is 8.00. The van der Waals surface area contributed by atoms with E-state index in [1.807, 2.05) is 55.5 Å². The van der Waals surface area contributed by atoms with Crippen molar-refractivity contribution in [3.8, 4) is 5.75 Å². The van der Waals surface area contributed by atoms with Crippen molar-refractivity contribution in [2.75, 3.05) is 23.8 Å². The van der Waals surface area contributed by atoms with Gasteiger partial charge in [0.15, 0.2) is 5.13 Å². The first kappa shape index (κ1) is 36.6. The third-order valence-corrected chi connectivity index (χ3v) is 9.20. The fourth-order valence-electron chi connectivity index (χ4n) is 4.84. The maximum Gasteiger partial charge on any atom is 0.311 e. The van der Waals surface area contributed by atoms with Crippen LogP contribution in [0.15, 0.2) is 125 Å². The van der Waals surface area contributed by atoms with Gasteiger partial charge in [0.1, 0.15) is 16.7 Å². The Morgan fingerprint density at radius 3 is 2.31 bits per heavy atom. The number of carbonyl (C=O) groups excluding carboxylic acids is 4. The molecule has 0 spiro atoms. The molecule has 3 amide bonds. The van der Waals surface area contributed by atoms with Gasteiger partial charge >= 0.3 is 5.97 Å². The molecule has 1 unspecified atom stereocenters. The number of carbonyl (C=O) groups is 4. The first-order valence-corrected chi connectivity index (χ1v) is 17.9. The molecular formula is C39H36N4O6S2. The molecule has 1 heterocycles. The van der Waals surface area contributed by atoms with Crippen molar-refractivity contribution in [3.63, 3.8) is 0 Å². The second kappa shape index (κ2) is 18.3. The van der Waals surface area contributed by atoms with Crippen molar-refractivity contribution in [1.82, 2.24) is 10.3 Å². The number of amides is 3. The molecule has 0 aliphatic heterocycles. The molecule has 5 rings (SSSR count). The SMILES string of the molecule is CCOC(=O)Cc1csc(NC(=O)C(Sc2cccc(NC(=O)/C(=C\c3ccccc3OCC)NC(=O)c3ccccc3)c2)c2ccccc2)n1. The minimum Gasteiger partial charge on any atom is -0.493 e. The lowest BCUT2D eigenvalue weighted by molar-refractivity contribution is -0.142. The van der Waals surface area contributed by atoms with Gasteiger partial charge in [0.2, 0.25) is 5.91 Å². The van der Waals surface area contributed by atoms with Crippen LogP contribution in [-0.4, -0.2) is 41.9 Å². The summed E-state index contributed by atoms with van der Waals surface area (Å²) in [5.74, 6) is -1.12. The molecule has 0 aliphatic rings. The molecule has 10 nitrogen and oxygen atoms in total. The van der Waals surface area contributed by atoms with Crippen LogP contribution < -0.4 is 20.7 Å². The van der Waals surface area contributed by atoms with E-state index in [0.717, 1.165) is 5.56 Å². The Morgan fingerprint density at radius 2 is 1.57 bits per heavy atom. The molecule has 0 saturated carbocycles. The minimum absolute atomic E-state index is 0.0152. The molecule has 5 aromatic rings. The summed E-state index contributed by atoms with van der Waals surface area (Å²) in [5.41, 5.74) is 2.76. The number of thiazole rings is 1. The number of aromatic nitrogens is 1. The highest BCUT2D eigenvalue weighted by Gasteiger charge is 2.24. The standard InChI is InChI=1S/C39H36N4O6S2/c1-3-48-33-21-12-11-18-28(33)22-32(42-36(45)27-16-9-6-10-17-27)37(46)40-29-19-13-20-31(23-29)51-35(26-14-7-5-8-15-26)38(47)43-39-41-30(25-50-39)24-34(44)49-4-2/h5-23,25,35H,3-4,24H2,1-2H3,(H,40,46)(H,42,45)(H,41,43,47)/b32-22+. The molecule has 4 aromatic carbocycles. The van der Waals surface area contributed by atoms with Crippen molar-refractivity contribution in [1.29, 1.82) is 0 Å². The predicted molar refractivity (Wildman–Crippen MR) is 201 cm³/mol. The second-order valence-electron chi connectivity index (χ2n) is 10.9. The lowest BCUT2D eigenvalue weighted by Crippen LogP contribution is -2.30. The van der Waals surface area contributed by atoms with Gasteiger partial charge in [-0.05, 0) is 61.9 Å². The first-order valence-electron chi connectivity index (χ1n) is 16.2. The zero-order valence-corrected chi connectivity index (χ0v) is 29.6. The van der Waals surface area contributed by atoms with E-state index in [4.69, 9.17) is 9.47 Å². The zero-order valence-electron chi connectivity index (χ0n) is 28.0. The Labute approximate surface area is 304 Å². The molecule has 0 aliphatic carbocycles. The average Bonchev–Trinajstić information content (AvgIpc) is 3.58. The van der Waals surface area contributed by atoms with E-state index in [1.165, 1.54) is 23.1 Å². The lowest BCUT2D eigenvalue weighted by Gasteiger charge is -2.17. The highest BCUT2D eigenvalue weighted by Crippen LogP contribution is 2.37. The average molecular weight is 721 g/mol. The largest absolute Gasteiger partial charge is 0.493 e. The molecule has 0 radical (unpaired) electrons. The van der Waals surface area contributed by atoms with Crippen molar-refractivity contribution in [3.05, 3.63) is 143 Å². The molecule has 12 heteroatoms. The third-order valence-electron chi connectivity index (χ3n) is 7.15. The maximum absolute atomic E-state index is 13.8. The topological polar surface area (TPSA) is 136 Å². The van der Waals surface area contributed by atoms with Crippen molar-refractivity contribution in [2.24, 2.45) is 0 Å². The van der Waals surface area contributed by atoms with Gasteiger partial charge in [-0.2, -0.15) is 0 Å². The van der Waals surface area contributed by atoms with E-state index in [9.17, 15) is 19.2 Å². The lowest BCUT2D eigenvalue weighted by atomic mass is 10.1. The molecular weight excluding hydrogens is 685 g/mol. The van der Waals surface area contributed by atoms with Gasteiger partial charge in [0, 0.05) is 27.1 Å². The Morgan fingerprint density at radius 1 is 0.843 bits per heavy atom. The number of benzene rings is 4. The van der Waals surface area contributed by atoms with E-state index >= 15 is 0 Å². The van der Waals surface area contributed by atoms with Crippen LogP contribution in [0.3, 0.4) is 0 Å². The number of ether oxygens (including phenoxy) is 2. The summed E-state index contributed by atoms with van der Waals surface area (Å²) in [6, 6.07) is 32.3. The fourth-order valence-corrected chi connectivity index (χ4v) is 6.64. The molecule has 1 aromatic heterocycles. The molecule has 1 atom stereocenters. The molecule has 3 N–H and O–H groups in total. The number of thioether (sulfide) groups is 1. The number of anilines is 2. The maximum atomic E-state index is 13.8. The number of hydrogen-bond donors (Lipinski definition) is 3. The smallest absolute Gasteiger partial charge is 0.311 e. The molecule has 0 saturated heterocycles. The summed E-state index contributed by atoms with van der Waals surface area (Å²) in [5, 5.41) is 9.95. The van der Waals surface area contributed by atoms with Crippen molar-refractivity contribution < 1.29 is 28.7 Å². The number of hydrogen-bond acceptors (Lipinski definition) is 9.